The number of nitrogens with zero attached hydrogens (tertiary/aromatic N) is 2. The van der Waals surface area contributed by atoms with Crippen LogP contribution >= 0.6 is 0 Å². The van der Waals surface area contributed by atoms with Crippen LogP contribution in [0.5, 0.6) is 0 Å². The summed E-state index contributed by atoms with van der Waals surface area (Å²) in [5.74, 6) is -0.323. The van der Waals surface area contributed by atoms with Gasteiger partial charge in [-0.25, -0.2) is 8.42 Å². The fourth-order valence-corrected chi connectivity index (χ4v) is 5.45. The van der Waals surface area contributed by atoms with Crippen LogP contribution in [0.1, 0.15) is 25.3 Å². The summed E-state index contributed by atoms with van der Waals surface area (Å²) in [6.45, 7) is 2.93. The molecule has 162 valence electrons. The third kappa shape index (κ3) is 4.40. The van der Waals surface area contributed by atoms with Crippen molar-refractivity contribution in [3.63, 3.8) is 0 Å². The molecule has 1 aliphatic rings. The van der Waals surface area contributed by atoms with Gasteiger partial charge in [-0.1, -0.05) is 19.1 Å². The molecule has 3 aromatic rings. The zero-order valence-electron chi connectivity index (χ0n) is 17.4. The average Bonchev–Trinajstić information content (AvgIpc) is 3.31. The largest absolute Gasteiger partial charge is 0.325 e. The predicted octanol–water partition coefficient (Wildman–Crippen LogP) is 2.99. The van der Waals surface area contributed by atoms with E-state index in [9.17, 15) is 18.0 Å². The summed E-state index contributed by atoms with van der Waals surface area (Å²) in [6.07, 6.45) is 2.58. The van der Waals surface area contributed by atoms with E-state index in [1.165, 1.54) is 21.0 Å². The topological polar surface area (TPSA) is 88.5 Å². The molecule has 0 atom stereocenters. The van der Waals surface area contributed by atoms with Crippen molar-refractivity contribution in [2.24, 2.45) is 0 Å². The van der Waals surface area contributed by atoms with Crippen molar-refractivity contribution in [1.29, 1.82) is 0 Å². The van der Waals surface area contributed by atoms with Gasteiger partial charge < -0.3 is 5.32 Å². The lowest BCUT2D eigenvalue weighted by Gasteiger charge is -2.16. The third-order valence-corrected chi connectivity index (χ3v) is 7.48. The number of hydrogen-bond acceptors (Lipinski definition) is 4. The molecule has 0 bridgehead atoms. The number of hydrogen-bond donors (Lipinski definition) is 1. The SMILES string of the molecule is CCc1cccc(NC(=O)Cn2c(=O)ccc3cc(S(=O)(=O)N4CCCC4)ccc32)c1. The van der Waals surface area contributed by atoms with Gasteiger partial charge in [-0.3, -0.25) is 14.2 Å². The number of rotatable bonds is 6. The van der Waals surface area contributed by atoms with Crippen LogP contribution in [0.2, 0.25) is 0 Å². The van der Waals surface area contributed by atoms with Crippen molar-refractivity contribution in [1.82, 2.24) is 8.87 Å². The molecule has 2 aromatic carbocycles. The highest BCUT2D eigenvalue weighted by Gasteiger charge is 2.27. The molecule has 1 fully saturated rings. The first-order valence-electron chi connectivity index (χ1n) is 10.4. The van der Waals surface area contributed by atoms with Crippen molar-refractivity contribution in [2.45, 2.75) is 37.6 Å². The Morgan fingerprint density at radius 1 is 1.03 bits per heavy atom. The number of pyridine rings is 1. The molecule has 7 nitrogen and oxygen atoms in total. The Kier molecular flexibility index (Phi) is 5.93. The number of aryl methyl sites for hydroxylation is 1. The van der Waals surface area contributed by atoms with Gasteiger partial charge in [0, 0.05) is 24.8 Å². The van der Waals surface area contributed by atoms with Crippen LogP contribution < -0.4 is 10.9 Å². The third-order valence-electron chi connectivity index (χ3n) is 5.58. The van der Waals surface area contributed by atoms with Gasteiger partial charge >= 0.3 is 0 Å². The molecule has 1 amide bonds. The molecule has 0 unspecified atom stereocenters. The number of carbonyl (C=O) groups is 1. The molecule has 31 heavy (non-hydrogen) atoms. The van der Waals surface area contributed by atoms with Gasteiger partial charge in [0.05, 0.1) is 10.4 Å². The van der Waals surface area contributed by atoms with Gasteiger partial charge in [-0.2, -0.15) is 4.31 Å². The number of fused-ring (bicyclic) bond motifs is 1. The number of aromatic nitrogens is 1. The molecule has 1 aliphatic heterocycles. The Balaban J connectivity index is 1.62. The van der Waals surface area contributed by atoms with E-state index in [-0.39, 0.29) is 22.9 Å². The van der Waals surface area contributed by atoms with E-state index in [1.807, 2.05) is 25.1 Å². The first kappa shape index (κ1) is 21.3. The van der Waals surface area contributed by atoms with Crippen LogP contribution in [0, 0.1) is 0 Å². The first-order valence-corrected chi connectivity index (χ1v) is 11.8. The minimum atomic E-state index is -3.56. The fourth-order valence-electron chi connectivity index (χ4n) is 3.90. The monoisotopic (exact) mass is 439 g/mol. The molecule has 0 aliphatic carbocycles. The van der Waals surface area contributed by atoms with Gasteiger partial charge in [0.25, 0.3) is 5.56 Å². The molecule has 0 radical (unpaired) electrons. The average molecular weight is 440 g/mol. The lowest BCUT2D eigenvalue weighted by molar-refractivity contribution is -0.116. The van der Waals surface area contributed by atoms with Crippen LogP contribution in [-0.2, 0) is 27.8 Å². The van der Waals surface area contributed by atoms with Gasteiger partial charge in [-0.15, -0.1) is 0 Å². The Bertz CT molecular complexity index is 1290. The summed E-state index contributed by atoms with van der Waals surface area (Å²) in [5, 5.41) is 3.43. The molecule has 4 rings (SSSR count). The molecule has 1 N–H and O–H groups in total. The van der Waals surface area contributed by atoms with E-state index in [0.717, 1.165) is 24.8 Å². The van der Waals surface area contributed by atoms with Gasteiger partial charge in [-0.05, 0) is 66.6 Å². The van der Waals surface area contributed by atoms with Crippen LogP contribution in [0.15, 0.2) is 64.3 Å². The zero-order valence-corrected chi connectivity index (χ0v) is 18.2. The smallest absolute Gasteiger partial charge is 0.251 e. The maximum absolute atomic E-state index is 12.9. The molecular formula is C23H25N3O4S. The van der Waals surface area contributed by atoms with Gasteiger partial charge in [0.15, 0.2) is 0 Å². The lowest BCUT2D eigenvalue weighted by Crippen LogP contribution is -2.28. The standard InChI is InChI=1S/C23H25N3O4S/c1-2-17-6-5-7-19(14-17)24-22(27)16-26-21-10-9-20(15-18(21)8-11-23(26)28)31(29,30)25-12-3-4-13-25/h5-11,14-15H,2-4,12-13,16H2,1H3,(H,24,27). The Labute approximate surface area is 181 Å². The zero-order chi connectivity index (χ0) is 22.0. The van der Waals surface area contributed by atoms with Crippen LogP contribution in [0.25, 0.3) is 10.9 Å². The maximum atomic E-state index is 12.9. The van der Waals surface area contributed by atoms with E-state index in [4.69, 9.17) is 0 Å². The molecule has 1 aromatic heterocycles. The summed E-state index contributed by atoms with van der Waals surface area (Å²) in [5.41, 5.74) is 1.98. The Morgan fingerprint density at radius 2 is 1.81 bits per heavy atom. The second-order valence-corrected chi connectivity index (χ2v) is 9.63. The lowest BCUT2D eigenvalue weighted by atomic mass is 10.1. The van der Waals surface area contributed by atoms with Crippen LogP contribution in [-0.4, -0.2) is 36.3 Å². The number of sulfonamides is 1. The maximum Gasteiger partial charge on any atom is 0.251 e. The summed E-state index contributed by atoms with van der Waals surface area (Å²) < 4.78 is 28.6. The summed E-state index contributed by atoms with van der Waals surface area (Å²) >= 11 is 0. The second kappa shape index (κ2) is 8.64. The van der Waals surface area contributed by atoms with Gasteiger partial charge in [0.1, 0.15) is 6.54 Å². The molecule has 2 heterocycles. The van der Waals surface area contributed by atoms with Crippen molar-refractivity contribution < 1.29 is 13.2 Å². The number of anilines is 1. The molecular weight excluding hydrogens is 414 g/mol. The number of carbonyl (C=O) groups excluding carboxylic acids is 1. The summed E-state index contributed by atoms with van der Waals surface area (Å²) in [4.78, 5) is 25.3. The minimum absolute atomic E-state index is 0.162. The number of amides is 1. The molecule has 1 saturated heterocycles. The Hall–Kier alpha value is -2.97. The Morgan fingerprint density at radius 3 is 2.55 bits per heavy atom. The van der Waals surface area contributed by atoms with Crippen LogP contribution in [0.4, 0.5) is 5.69 Å². The number of benzene rings is 2. The van der Waals surface area contributed by atoms with Crippen molar-refractivity contribution in [2.75, 3.05) is 18.4 Å². The van der Waals surface area contributed by atoms with Crippen molar-refractivity contribution >= 4 is 32.5 Å². The van der Waals surface area contributed by atoms with Gasteiger partial charge in [0.2, 0.25) is 15.9 Å². The van der Waals surface area contributed by atoms with E-state index in [1.54, 1.807) is 24.3 Å². The molecule has 8 heteroatoms. The molecule has 0 saturated carbocycles. The second-order valence-electron chi connectivity index (χ2n) is 7.69. The summed E-state index contributed by atoms with van der Waals surface area (Å²) in [6, 6.07) is 15.2. The van der Waals surface area contributed by atoms with E-state index >= 15 is 0 Å². The van der Waals surface area contributed by atoms with Crippen molar-refractivity contribution in [3.05, 3.63) is 70.5 Å². The molecule has 0 spiro atoms. The normalized spacial score (nSPS) is 14.7. The van der Waals surface area contributed by atoms with E-state index in [2.05, 4.69) is 5.32 Å². The quantitative estimate of drug-likeness (QED) is 0.640. The summed E-state index contributed by atoms with van der Waals surface area (Å²) in [7, 11) is -3.56. The minimum Gasteiger partial charge on any atom is -0.325 e. The number of nitrogens with one attached hydrogen (secondary N) is 1. The van der Waals surface area contributed by atoms with E-state index < -0.39 is 10.0 Å². The van der Waals surface area contributed by atoms with Crippen molar-refractivity contribution in [3.8, 4) is 0 Å². The highest BCUT2D eigenvalue weighted by Crippen LogP contribution is 2.24. The first-order chi connectivity index (χ1) is 14.9. The fraction of sp³-hybridized carbons (Fsp3) is 0.304. The van der Waals surface area contributed by atoms with E-state index in [0.29, 0.717) is 29.7 Å². The highest BCUT2D eigenvalue weighted by molar-refractivity contribution is 7.89. The van der Waals surface area contributed by atoms with Crippen LogP contribution in [0.3, 0.4) is 0 Å². The predicted molar refractivity (Wildman–Crippen MR) is 121 cm³/mol. The highest BCUT2D eigenvalue weighted by atomic mass is 32.2.